The number of hydrogen-bond acceptors (Lipinski definition) is 3. The van der Waals surface area contributed by atoms with Crippen molar-refractivity contribution in [2.75, 3.05) is 0 Å². The first-order valence-electron chi connectivity index (χ1n) is 2.98. The van der Waals surface area contributed by atoms with Crippen molar-refractivity contribution in [1.82, 2.24) is 0 Å². The predicted octanol–water partition coefficient (Wildman–Crippen LogP) is 0.719. The van der Waals surface area contributed by atoms with E-state index < -0.39 is 5.97 Å². The number of carbonyl (C=O) groups is 2. The van der Waals surface area contributed by atoms with Gasteiger partial charge in [0.1, 0.15) is 12.2 Å². The van der Waals surface area contributed by atoms with Gasteiger partial charge in [-0.2, -0.15) is 0 Å². The molecule has 0 aromatic carbocycles. The largest absolute Gasteiger partial charge is 0.481 e. The van der Waals surface area contributed by atoms with E-state index >= 15 is 0 Å². The van der Waals surface area contributed by atoms with Gasteiger partial charge in [-0.25, -0.2) is 0 Å². The van der Waals surface area contributed by atoms with Gasteiger partial charge in [0.2, 0.25) is 0 Å². The van der Waals surface area contributed by atoms with Gasteiger partial charge in [-0.15, -0.1) is 0 Å². The summed E-state index contributed by atoms with van der Waals surface area (Å²) < 4.78 is 4.79. The summed E-state index contributed by atoms with van der Waals surface area (Å²) >= 11 is 0. The van der Waals surface area contributed by atoms with Gasteiger partial charge in [0.15, 0.2) is 12.0 Å². The molecule has 0 amide bonds. The van der Waals surface area contributed by atoms with Crippen molar-refractivity contribution in [3.8, 4) is 0 Å². The Bertz CT molecular complexity index is 274. The van der Waals surface area contributed by atoms with Gasteiger partial charge in [-0.1, -0.05) is 0 Å². The zero-order valence-corrected chi connectivity index (χ0v) is 5.61. The van der Waals surface area contributed by atoms with Gasteiger partial charge in [-0.05, 0) is 12.1 Å². The number of carbonyl (C=O) groups excluding carboxylic acids is 1. The van der Waals surface area contributed by atoms with E-state index in [9.17, 15) is 9.59 Å². The van der Waals surface area contributed by atoms with Crippen molar-refractivity contribution in [3.05, 3.63) is 23.7 Å². The molecule has 0 bridgehead atoms. The molecule has 0 saturated heterocycles. The lowest BCUT2D eigenvalue weighted by Crippen LogP contribution is -1.97. The van der Waals surface area contributed by atoms with E-state index in [-0.39, 0.29) is 12.2 Å². The summed E-state index contributed by atoms with van der Waals surface area (Å²) in [7, 11) is 0. The van der Waals surface area contributed by atoms with Crippen LogP contribution < -0.4 is 0 Å². The minimum Gasteiger partial charge on any atom is -0.481 e. The molecule has 11 heavy (non-hydrogen) atoms. The first-order valence-corrected chi connectivity index (χ1v) is 2.98. The first kappa shape index (κ1) is 7.53. The lowest BCUT2D eigenvalue weighted by Gasteiger charge is -1.86. The highest BCUT2D eigenvalue weighted by atomic mass is 16.4. The number of furan rings is 1. The molecule has 4 nitrogen and oxygen atoms in total. The highest BCUT2D eigenvalue weighted by Gasteiger charge is 2.04. The van der Waals surface area contributed by atoms with Crippen LogP contribution in [0.3, 0.4) is 0 Å². The number of aliphatic carboxylic acids is 1. The smallest absolute Gasteiger partial charge is 0.311 e. The van der Waals surface area contributed by atoms with Crippen molar-refractivity contribution in [3.63, 3.8) is 0 Å². The average Bonchev–Trinajstić information content (AvgIpc) is 2.34. The van der Waals surface area contributed by atoms with E-state index in [4.69, 9.17) is 9.52 Å². The number of carboxylic acid groups (broad SMARTS) is 1. The molecule has 1 heterocycles. The van der Waals surface area contributed by atoms with Crippen molar-refractivity contribution >= 4 is 12.3 Å². The first-order chi connectivity index (χ1) is 5.22. The van der Waals surface area contributed by atoms with E-state index in [1.165, 1.54) is 12.1 Å². The molecule has 0 aliphatic carbocycles. The van der Waals surface area contributed by atoms with Crippen LogP contribution in [0.1, 0.15) is 16.3 Å². The Morgan fingerprint density at radius 1 is 1.64 bits per heavy atom. The molecule has 0 unspecified atom stereocenters. The maximum absolute atomic E-state index is 10.1. The minimum atomic E-state index is -0.975. The van der Waals surface area contributed by atoms with Crippen molar-refractivity contribution in [2.45, 2.75) is 6.42 Å². The average molecular weight is 154 g/mol. The molecule has 0 atom stereocenters. The molecule has 4 heteroatoms. The molecule has 1 rings (SSSR count). The van der Waals surface area contributed by atoms with Crippen LogP contribution in [0.4, 0.5) is 0 Å². The lowest BCUT2D eigenvalue weighted by atomic mass is 10.3. The van der Waals surface area contributed by atoms with Crippen LogP contribution in [0.15, 0.2) is 16.5 Å². The van der Waals surface area contributed by atoms with Crippen molar-refractivity contribution in [1.29, 1.82) is 0 Å². The number of rotatable bonds is 3. The predicted molar refractivity (Wildman–Crippen MR) is 35.4 cm³/mol. The standard InChI is InChI=1S/C7H6O4/c8-4-6-2-1-5(11-6)3-7(9)10/h1-2,4H,3H2,(H,9,10). The summed E-state index contributed by atoms with van der Waals surface area (Å²) in [5, 5.41) is 8.30. The summed E-state index contributed by atoms with van der Waals surface area (Å²) in [5.41, 5.74) is 0. The fourth-order valence-electron chi connectivity index (χ4n) is 0.702. The molecule has 0 fully saturated rings. The highest BCUT2D eigenvalue weighted by Crippen LogP contribution is 2.05. The Morgan fingerprint density at radius 2 is 2.36 bits per heavy atom. The van der Waals surface area contributed by atoms with E-state index in [1.807, 2.05) is 0 Å². The summed E-state index contributed by atoms with van der Waals surface area (Å²) in [4.78, 5) is 20.2. The summed E-state index contributed by atoms with van der Waals surface area (Å²) in [5.74, 6) is -0.530. The van der Waals surface area contributed by atoms with Gasteiger partial charge in [0.25, 0.3) is 0 Å². The molecule has 0 saturated carbocycles. The number of carboxylic acids is 1. The van der Waals surface area contributed by atoms with Crippen LogP contribution in [0, 0.1) is 0 Å². The third kappa shape index (κ3) is 1.93. The second kappa shape index (κ2) is 3.01. The van der Waals surface area contributed by atoms with Crippen LogP contribution in [0.25, 0.3) is 0 Å². The van der Waals surface area contributed by atoms with E-state index in [2.05, 4.69) is 0 Å². The molecule has 1 N–H and O–H groups in total. The maximum Gasteiger partial charge on any atom is 0.311 e. The lowest BCUT2D eigenvalue weighted by molar-refractivity contribution is -0.136. The fraction of sp³-hybridized carbons (Fsp3) is 0.143. The molecule has 0 aliphatic rings. The van der Waals surface area contributed by atoms with Gasteiger partial charge in [0, 0.05) is 0 Å². The van der Waals surface area contributed by atoms with Crippen LogP contribution in [-0.2, 0) is 11.2 Å². The van der Waals surface area contributed by atoms with Crippen molar-refractivity contribution < 1.29 is 19.1 Å². The Hall–Kier alpha value is -1.58. The Kier molecular flexibility index (Phi) is 2.06. The third-order valence-electron chi connectivity index (χ3n) is 1.12. The molecule has 0 aliphatic heterocycles. The normalized spacial score (nSPS) is 9.45. The van der Waals surface area contributed by atoms with Gasteiger partial charge < -0.3 is 9.52 Å². The summed E-state index contributed by atoms with van der Waals surface area (Å²) in [6, 6.07) is 2.91. The monoisotopic (exact) mass is 154 g/mol. The van der Waals surface area contributed by atoms with Crippen LogP contribution in [0.2, 0.25) is 0 Å². The Labute approximate surface area is 62.4 Å². The van der Waals surface area contributed by atoms with Gasteiger partial charge in [0.05, 0.1) is 0 Å². The van der Waals surface area contributed by atoms with Crippen LogP contribution in [0.5, 0.6) is 0 Å². The molecule has 0 radical (unpaired) electrons. The Balaban J connectivity index is 2.72. The molecule has 1 aromatic heterocycles. The maximum atomic E-state index is 10.1. The van der Waals surface area contributed by atoms with Crippen LogP contribution in [-0.4, -0.2) is 17.4 Å². The van der Waals surface area contributed by atoms with E-state index in [0.717, 1.165) is 0 Å². The van der Waals surface area contributed by atoms with E-state index in [1.54, 1.807) is 0 Å². The zero-order valence-electron chi connectivity index (χ0n) is 5.61. The molecule has 1 aromatic rings. The fourth-order valence-corrected chi connectivity index (χ4v) is 0.702. The Morgan fingerprint density at radius 3 is 2.82 bits per heavy atom. The topological polar surface area (TPSA) is 67.5 Å². The zero-order chi connectivity index (χ0) is 8.27. The SMILES string of the molecule is O=Cc1ccc(CC(=O)O)o1. The van der Waals surface area contributed by atoms with Gasteiger partial charge in [-0.3, -0.25) is 9.59 Å². The molecular weight excluding hydrogens is 148 g/mol. The van der Waals surface area contributed by atoms with Crippen LogP contribution >= 0.6 is 0 Å². The highest BCUT2D eigenvalue weighted by molar-refractivity contribution is 5.72. The summed E-state index contributed by atoms with van der Waals surface area (Å²) in [6.45, 7) is 0. The summed E-state index contributed by atoms with van der Waals surface area (Å²) in [6.07, 6.45) is 0.346. The second-order valence-electron chi connectivity index (χ2n) is 1.99. The molecule has 0 spiro atoms. The molecule has 58 valence electrons. The second-order valence-corrected chi connectivity index (χ2v) is 1.99. The quantitative estimate of drug-likeness (QED) is 0.651. The number of aldehydes is 1. The third-order valence-corrected chi connectivity index (χ3v) is 1.12. The van der Waals surface area contributed by atoms with Gasteiger partial charge >= 0.3 is 5.97 Å². The molecular formula is C7H6O4. The van der Waals surface area contributed by atoms with Crippen molar-refractivity contribution in [2.24, 2.45) is 0 Å². The van der Waals surface area contributed by atoms with E-state index in [0.29, 0.717) is 12.0 Å². The minimum absolute atomic E-state index is 0.154. The number of hydrogen-bond donors (Lipinski definition) is 1.